The topological polar surface area (TPSA) is 84.9 Å². The molecule has 0 radical (unpaired) electrons. The number of halogens is 1. The number of methoxy groups -OCH3 is 1. The Kier molecular flexibility index (Phi) is 6.30. The fraction of sp³-hybridized carbons (Fsp3) is 0.429. The Bertz CT molecular complexity index is 532. The first kappa shape index (κ1) is 17.1. The predicted octanol–water partition coefficient (Wildman–Crippen LogP) is 2.34. The lowest BCUT2D eigenvalue weighted by Crippen LogP contribution is -2.38. The van der Waals surface area contributed by atoms with E-state index in [1.54, 1.807) is 0 Å². The molecule has 0 saturated heterocycles. The molecule has 21 heavy (non-hydrogen) atoms. The standard InChI is InChI=1S/C14H18ClNO5/c1-4-5-21-12-10(15)6-9(7-11(12)20-3)13(17)16-8(2)14(18)19/h6-8H,4-5H2,1-3H3,(H,16,17)(H,18,19)/t8-/m0/s1. The van der Waals surface area contributed by atoms with Crippen molar-refractivity contribution in [2.75, 3.05) is 13.7 Å². The summed E-state index contributed by atoms with van der Waals surface area (Å²) in [6, 6.07) is 1.87. The molecule has 6 nitrogen and oxygen atoms in total. The Morgan fingerprint density at radius 3 is 2.62 bits per heavy atom. The molecule has 0 aliphatic rings. The van der Waals surface area contributed by atoms with Crippen molar-refractivity contribution in [3.05, 3.63) is 22.7 Å². The molecular formula is C14H18ClNO5. The van der Waals surface area contributed by atoms with Gasteiger partial charge in [0.15, 0.2) is 11.5 Å². The molecule has 1 aromatic rings. The maximum atomic E-state index is 12.0. The van der Waals surface area contributed by atoms with E-state index in [1.807, 2.05) is 6.92 Å². The molecule has 0 aliphatic heterocycles. The van der Waals surface area contributed by atoms with Crippen LogP contribution < -0.4 is 14.8 Å². The summed E-state index contributed by atoms with van der Waals surface area (Å²) < 4.78 is 10.6. The van der Waals surface area contributed by atoms with Gasteiger partial charge in [-0.2, -0.15) is 0 Å². The van der Waals surface area contributed by atoms with Crippen LogP contribution in [0.5, 0.6) is 11.5 Å². The first-order chi connectivity index (χ1) is 9.90. The van der Waals surface area contributed by atoms with Crippen molar-refractivity contribution in [3.63, 3.8) is 0 Å². The minimum absolute atomic E-state index is 0.203. The first-order valence-electron chi connectivity index (χ1n) is 6.44. The highest BCUT2D eigenvalue weighted by molar-refractivity contribution is 6.32. The van der Waals surface area contributed by atoms with E-state index in [4.69, 9.17) is 26.2 Å². The highest BCUT2D eigenvalue weighted by atomic mass is 35.5. The van der Waals surface area contributed by atoms with Crippen molar-refractivity contribution in [3.8, 4) is 11.5 Å². The van der Waals surface area contributed by atoms with Gasteiger partial charge >= 0.3 is 5.97 Å². The van der Waals surface area contributed by atoms with Crippen molar-refractivity contribution in [2.24, 2.45) is 0 Å². The molecule has 0 aromatic heterocycles. The third kappa shape index (κ3) is 4.53. The molecule has 1 amide bonds. The molecule has 1 rings (SSSR count). The van der Waals surface area contributed by atoms with E-state index >= 15 is 0 Å². The summed E-state index contributed by atoms with van der Waals surface area (Å²) in [6.45, 7) is 3.80. The quantitative estimate of drug-likeness (QED) is 0.806. The minimum Gasteiger partial charge on any atom is -0.493 e. The lowest BCUT2D eigenvalue weighted by Gasteiger charge is -2.14. The molecular weight excluding hydrogens is 298 g/mol. The van der Waals surface area contributed by atoms with E-state index in [-0.39, 0.29) is 10.6 Å². The van der Waals surface area contributed by atoms with E-state index in [0.29, 0.717) is 18.1 Å². The second kappa shape index (κ2) is 7.73. The number of aliphatic carboxylic acids is 1. The second-order valence-electron chi connectivity index (χ2n) is 4.37. The summed E-state index contributed by atoms with van der Waals surface area (Å²) in [5.74, 6) is -0.982. The van der Waals surface area contributed by atoms with Gasteiger partial charge in [0.05, 0.1) is 18.7 Å². The molecule has 1 atom stereocenters. The van der Waals surface area contributed by atoms with Crippen molar-refractivity contribution < 1.29 is 24.2 Å². The first-order valence-corrected chi connectivity index (χ1v) is 6.82. The van der Waals surface area contributed by atoms with Gasteiger partial charge in [-0.05, 0) is 25.5 Å². The number of carboxylic acid groups (broad SMARTS) is 1. The van der Waals surface area contributed by atoms with Crippen LogP contribution in [0.15, 0.2) is 12.1 Å². The van der Waals surface area contributed by atoms with Gasteiger partial charge in [-0.3, -0.25) is 9.59 Å². The minimum atomic E-state index is -1.12. The average Bonchev–Trinajstić information content (AvgIpc) is 2.44. The summed E-state index contributed by atoms with van der Waals surface area (Å²) in [4.78, 5) is 22.7. The fourth-order valence-corrected chi connectivity index (χ4v) is 1.80. The van der Waals surface area contributed by atoms with Gasteiger partial charge in [-0.25, -0.2) is 0 Å². The van der Waals surface area contributed by atoms with Crippen LogP contribution in [0.2, 0.25) is 5.02 Å². The Morgan fingerprint density at radius 1 is 1.43 bits per heavy atom. The molecule has 0 bridgehead atoms. The van der Waals surface area contributed by atoms with Crippen molar-refractivity contribution in [2.45, 2.75) is 26.3 Å². The fourth-order valence-electron chi connectivity index (χ4n) is 1.54. The molecule has 0 spiro atoms. The number of ether oxygens (including phenoxy) is 2. The van der Waals surface area contributed by atoms with Crippen LogP contribution in [0.4, 0.5) is 0 Å². The zero-order chi connectivity index (χ0) is 16.0. The summed E-state index contributed by atoms with van der Waals surface area (Å²) in [5.41, 5.74) is 0.203. The number of rotatable bonds is 7. The number of hydrogen-bond acceptors (Lipinski definition) is 4. The van der Waals surface area contributed by atoms with Crippen LogP contribution in [-0.4, -0.2) is 36.7 Å². The van der Waals surface area contributed by atoms with Gasteiger partial charge in [0, 0.05) is 5.56 Å². The number of carboxylic acids is 1. The van der Waals surface area contributed by atoms with Crippen LogP contribution in [0.1, 0.15) is 30.6 Å². The highest BCUT2D eigenvalue weighted by Crippen LogP contribution is 2.36. The van der Waals surface area contributed by atoms with Crippen LogP contribution in [-0.2, 0) is 4.79 Å². The van der Waals surface area contributed by atoms with Gasteiger partial charge in [0.2, 0.25) is 0 Å². The van der Waals surface area contributed by atoms with Crippen molar-refractivity contribution in [1.29, 1.82) is 0 Å². The summed E-state index contributed by atoms with van der Waals surface area (Å²) in [5, 5.41) is 11.4. The summed E-state index contributed by atoms with van der Waals surface area (Å²) in [7, 11) is 1.44. The molecule has 7 heteroatoms. The molecule has 116 valence electrons. The van der Waals surface area contributed by atoms with Gasteiger partial charge in [-0.1, -0.05) is 18.5 Å². The van der Waals surface area contributed by atoms with Gasteiger partial charge in [0.1, 0.15) is 6.04 Å². The van der Waals surface area contributed by atoms with Gasteiger partial charge in [0.25, 0.3) is 5.91 Å². The highest BCUT2D eigenvalue weighted by Gasteiger charge is 2.19. The smallest absolute Gasteiger partial charge is 0.325 e. The van der Waals surface area contributed by atoms with Crippen LogP contribution in [0.3, 0.4) is 0 Å². The lowest BCUT2D eigenvalue weighted by atomic mass is 10.1. The molecule has 0 aliphatic carbocycles. The maximum Gasteiger partial charge on any atom is 0.325 e. The Balaban J connectivity index is 3.02. The van der Waals surface area contributed by atoms with Gasteiger partial charge in [-0.15, -0.1) is 0 Å². The summed E-state index contributed by atoms with van der Waals surface area (Å²) in [6.07, 6.45) is 0.803. The van der Waals surface area contributed by atoms with E-state index in [1.165, 1.54) is 26.2 Å². The summed E-state index contributed by atoms with van der Waals surface area (Å²) >= 11 is 6.09. The number of carbonyl (C=O) groups excluding carboxylic acids is 1. The zero-order valence-corrected chi connectivity index (χ0v) is 12.9. The number of benzene rings is 1. The van der Waals surface area contributed by atoms with E-state index in [9.17, 15) is 9.59 Å². The van der Waals surface area contributed by atoms with Crippen LogP contribution >= 0.6 is 11.6 Å². The lowest BCUT2D eigenvalue weighted by molar-refractivity contribution is -0.138. The number of nitrogens with one attached hydrogen (secondary N) is 1. The van der Waals surface area contributed by atoms with Crippen LogP contribution in [0, 0.1) is 0 Å². The van der Waals surface area contributed by atoms with Crippen molar-refractivity contribution in [1.82, 2.24) is 5.32 Å². The molecule has 0 unspecified atom stereocenters. The predicted molar refractivity (Wildman–Crippen MR) is 78.4 cm³/mol. The largest absolute Gasteiger partial charge is 0.493 e. The Morgan fingerprint density at radius 2 is 2.10 bits per heavy atom. The van der Waals surface area contributed by atoms with Crippen LogP contribution in [0.25, 0.3) is 0 Å². The second-order valence-corrected chi connectivity index (χ2v) is 4.78. The third-order valence-electron chi connectivity index (χ3n) is 2.66. The maximum absolute atomic E-state index is 12.0. The molecule has 0 heterocycles. The average molecular weight is 316 g/mol. The molecule has 1 aromatic carbocycles. The zero-order valence-electron chi connectivity index (χ0n) is 12.1. The number of amides is 1. The van der Waals surface area contributed by atoms with Crippen molar-refractivity contribution >= 4 is 23.5 Å². The van der Waals surface area contributed by atoms with E-state index in [0.717, 1.165) is 6.42 Å². The number of carbonyl (C=O) groups is 2. The molecule has 0 saturated carbocycles. The monoisotopic (exact) mass is 315 g/mol. The third-order valence-corrected chi connectivity index (χ3v) is 2.94. The molecule has 2 N–H and O–H groups in total. The van der Waals surface area contributed by atoms with E-state index < -0.39 is 17.9 Å². The normalized spacial score (nSPS) is 11.6. The van der Waals surface area contributed by atoms with E-state index in [2.05, 4.69) is 5.32 Å². The molecule has 0 fully saturated rings. The Labute approximate surface area is 128 Å². The Hall–Kier alpha value is -1.95. The van der Waals surface area contributed by atoms with Gasteiger partial charge < -0.3 is 19.9 Å². The number of hydrogen-bond donors (Lipinski definition) is 2. The SMILES string of the molecule is CCCOc1c(Cl)cc(C(=O)N[C@@H](C)C(=O)O)cc1OC.